The fourth-order valence-electron chi connectivity index (χ4n) is 1.28. The normalized spacial score (nSPS) is 10.1. The molecule has 1 aromatic rings. The van der Waals surface area contributed by atoms with Gasteiger partial charge in [-0.3, -0.25) is 14.9 Å². The van der Waals surface area contributed by atoms with Crippen LogP contribution in [0.2, 0.25) is 0 Å². The third-order valence-corrected chi connectivity index (χ3v) is 3.31. The Morgan fingerprint density at radius 2 is 2.11 bits per heavy atom. The number of hydrogen-bond donors (Lipinski definition) is 2. The van der Waals surface area contributed by atoms with Crippen LogP contribution in [0.15, 0.2) is 17.0 Å². The minimum atomic E-state index is -1.26. The van der Waals surface area contributed by atoms with Crippen molar-refractivity contribution in [2.24, 2.45) is 5.73 Å². The number of primary amides is 1. The zero-order chi connectivity index (χ0) is 13.9. The lowest BCUT2D eigenvalue weighted by Gasteiger charge is -2.06. The fraction of sp³-hybridized carbons (Fsp3) is 0.200. The van der Waals surface area contributed by atoms with Crippen molar-refractivity contribution in [1.29, 1.82) is 0 Å². The highest BCUT2D eigenvalue weighted by molar-refractivity contribution is 8.00. The van der Waals surface area contributed by atoms with Crippen LogP contribution < -0.4 is 5.73 Å². The second kappa shape index (κ2) is 5.50. The number of aromatic carboxylic acids is 1. The molecule has 0 aliphatic carbocycles. The van der Waals surface area contributed by atoms with Crippen molar-refractivity contribution in [2.75, 3.05) is 5.75 Å². The molecule has 0 radical (unpaired) electrons. The van der Waals surface area contributed by atoms with E-state index in [1.165, 1.54) is 13.0 Å². The number of carboxylic acid groups (broad SMARTS) is 1. The summed E-state index contributed by atoms with van der Waals surface area (Å²) in [7, 11) is 0. The number of carboxylic acids is 1. The van der Waals surface area contributed by atoms with Gasteiger partial charge in [0.2, 0.25) is 5.91 Å². The zero-order valence-corrected chi connectivity index (χ0v) is 10.2. The summed E-state index contributed by atoms with van der Waals surface area (Å²) in [5.74, 6) is -1.91. The number of rotatable bonds is 5. The van der Waals surface area contributed by atoms with E-state index in [1.807, 2.05) is 0 Å². The second-order valence-electron chi connectivity index (χ2n) is 3.44. The van der Waals surface area contributed by atoms with Gasteiger partial charge in [-0.25, -0.2) is 4.79 Å². The molecule has 0 atom stereocenters. The standard InChI is InChI=1S/C10H10N2O5S/c1-5-7(12(16)17)2-6(10(14)15)3-8(5)18-4-9(11)13/h2-3H,4H2,1H3,(H2,11,13)(H,14,15). The van der Waals surface area contributed by atoms with Crippen LogP contribution in [0.1, 0.15) is 15.9 Å². The Bertz CT molecular complexity index is 529. The van der Waals surface area contributed by atoms with Crippen LogP contribution in [-0.2, 0) is 4.79 Å². The third-order valence-electron chi connectivity index (χ3n) is 2.15. The van der Waals surface area contributed by atoms with Crippen LogP contribution in [0.25, 0.3) is 0 Å². The molecule has 3 N–H and O–H groups in total. The number of benzene rings is 1. The molecule has 0 saturated heterocycles. The minimum Gasteiger partial charge on any atom is -0.478 e. The lowest BCUT2D eigenvalue weighted by molar-refractivity contribution is -0.385. The molecular formula is C10H10N2O5S. The zero-order valence-electron chi connectivity index (χ0n) is 9.37. The number of nitrogens with zero attached hydrogens (tertiary/aromatic N) is 1. The van der Waals surface area contributed by atoms with E-state index in [-0.39, 0.29) is 17.0 Å². The maximum atomic E-state index is 10.9. The number of thioether (sulfide) groups is 1. The average Bonchev–Trinajstić information content (AvgIpc) is 2.26. The van der Waals surface area contributed by atoms with E-state index >= 15 is 0 Å². The molecule has 8 heteroatoms. The van der Waals surface area contributed by atoms with E-state index in [0.717, 1.165) is 17.8 Å². The maximum Gasteiger partial charge on any atom is 0.335 e. The Morgan fingerprint density at radius 3 is 2.56 bits per heavy atom. The molecule has 0 aliphatic heterocycles. The fourth-order valence-corrected chi connectivity index (χ4v) is 2.11. The van der Waals surface area contributed by atoms with Gasteiger partial charge in [0.05, 0.1) is 16.2 Å². The first-order valence-electron chi connectivity index (χ1n) is 4.76. The summed E-state index contributed by atoms with van der Waals surface area (Å²) in [5, 5.41) is 19.7. The van der Waals surface area contributed by atoms with Gasteiger partial charge < -0.3 is 10.8 Å². The first-order valence-corrected chi connectivity index (χ1v) is 5.75. The van der Waals surface area contributed by atoms with E-state index < -0.39 is 16.8 Å². The Kier molecular flexibility index (Phi) is 4.27. The van der Waals surface area contributed by atoms with E-state index in [2.05, 4.69) is 0 Å². The molecule has 0 saturated carbocycles. The summed E-state index contributed by atoms with van der Waals surface area (Å²) in [6.07, 6.45) is 0. The molecular weight excluding hydrogens is 260 g/mol. The van der Waals surface area contributed by atoms with Crippen molar-refractivity contribution in [3.8, 4) is 0 Å². The quantitative estimate of drug-likeness (QED) is 0.470. The number of nitrogens with two attached hydrogens (primary N) is 1. The molecule has 0 fully saturated rings. The van der Waals surface area contributed by atoms with Gasteiger partial charge in [0.15, 0.2) is 0 Å². The SMILES string of the molecule is Cc1c(SCC(N)=O)cc(C(=O)O)cc1[N+](=O)[O-]. The van der Waals surface area contributed by atoms with E-state index in [0.29, 0.717) is 10.5 Å². The van der Waals surface area contributed by atoms with Crippen molar-refractivity contribution in [2.45, 2.75) is 11.8 Å². The second-order valence-corrected chi connectivity index (χ2v) is 4.45. The van der Waals surface area contributed by atoms with Gasteiger partial charge >= 0.3 is 5.97 Å². The molecule has 7 nitrogen and oxygen atoms in total. The molecule has 1 rings (SSSR count). The monoisotopic (exact) mass is 270 g/mol. The van der Waals surface area contributed by atoms with Gasteiger partial charge in [0.1, 0.15) is 0 Å². The highest BCUT2D eigenvalue weighted by Crippen LogP contribution is 2.31. The smallest absolute Gasteiger partial charge is 0.335 e. The summed E-state index contributed by atoms with van der Waals surface area (Å²) in [5.41, 5.74) is 4.81. The van der Waals surface area contributed by atoms with E-state index in [1.54, 1.807) is 0 Å². The van der Waals surface area contributed by atoms with E-state index in [9.17, 15) is 19.7 Å². The van der Waals surface area contributed by atoms with Crippen LogP contribution in [0.3, 0.4) is 0 Å². The molecule has 1 aromatic carbocycles. The molecule has 0 bridgehead atoms. The van der Waals surface area contributed by atoms with Crippen molar-refractivity contribution >= 4 is 29.3 Å². The van der Waals surface area contributed by atoms with Crippen molar-refractivity contribution in [3.63, 3.8) is 0 Å². The minimum absolute atomic E-state index is 0.0684. The van der Waals surface area contributed by atoms with Crippen molar-refractivity contribution < 1.29 is 19.6 Å². The maximum absolute atomic E-state index is 10.9. The number of carbonyl (C=O) groups is 2. The highest BCUT2D eigenvalue weighted by Gasteiger charge is 2.19. The van der Waals surface area contributed by atoms with Crippen LogP contribution in [0, 0.1) is 17.0 Å². The van der Waals surface area contributed by atoms with Crippen LogP contribution in [0.5, 0.6) is 0 Å². The Hall–Kier alpha value is -2.09. The van der Waals surface area contributed by atoms with Crippen molar-refractivity contribution in [1.82, 2.24) is 0 Å². The van der Waals surface area contributed by atoms with Crippen LogP contribution >= 0.6 is 11.8 Å². The molecule has 96 valence electrons. The predicted octanol–water partition coefficient (Wildman–Crippen LogP) is 1.18. The topological polar surface area (TPSA) is 124 Å². The number of nitro groups is 1. The first-order chi connectivity index (χ1) is 8.32. The molecule has 0 unspecified atom stereocenters. The molecule has 0 aromatic heterocycles. The van der Waals surface area contributed by atoms with Gasteiger partial charge in [-0.2, -0.15) is 0 Å². The van der Waals surface area contributed by atoms with Crippen LogP contribution in [-0.4, -0.2) is 27.7 Å². The van der Waals surface area contributed by atoms with Gasteiger partial charge in [-0.15, -0.1) is 11.8 Å². The number of amides is 1. The largest absolute Gasteiger partial charge is 0.478 e. The summed E-state index contributed by atoms with van der Waals surface area (Å²) < 4.78 is 0. The Morgan fingerprint density at radius 1 is 1.50 bits per heavy atom. The lowest BCUT2D eigenvalue weighted by atomic mass is 10.1. The third kappa shape index (κ3) is 3.20. The number of carbonyl (C=O) groups excluding carboxylic acids is 1. The highest BCUT2D eigenvalue weighted by atomic mass is 32.2. The van der Waals surface area contributed by atoms with Gasteiger partial charge in [0, 0.05) is 16.5 Å². The summed E-state index contributed by atoms with van der Waals surface area (Å²) >= 11 is 0.976. The predicted molar refractivity (Wildman–Crippen MR) is 64.7 cm³/mol. The summed E-state index contributed by atoms with van der Waals surface area (Å²) in [4.78, 5) is 32.0. The molecule has 0 aliphatic rings. The lowest BCUT2D eigenvalue weighted by Crippen LogP contribution is -2.13. The van der Waals surface area contributed by atoms with Gasteiger partial charge in [-0.1, -0.05) is 0 Å². The molecule has 18 heavy (non-hydrogen) atoms. The molecule has 0 heterocycles. The number of nitro benzene ring substituents is 1. The van der Waals surface area contributed by atoms with Gasteiger partial charge in [-0.05, 0) is 13.0 Å². The first kappa shape index (κ1) is 14.0. The average molecular weight is 270 g/mol. The molecule has 1 amide bonds. The Labute approximate surface area is 106 Å². The summed E-state index contributed by atoms with van der Waals surface area (Å²) in [6.45, 7) is 1.49. The van der Waals surface area contributed by atoms with Crippen LogP contribution in [0.4, 0.5) is 5.69 Å². The van der Waals surface area contributed by atoms with Gasteiger partial charge in [0.25, 0.3) is 5.69 Å². The Balaban J connectivity index is 3.26. The molecule has 0 spiro atoms. The van der Waals surface area contributed by atoms with E-state index in [4.69, 9.17) is 10.8 Å². The van der Waals surface area contributed by atoms with Crippen molar-refractivity contribution in [3.05, 3.63) is 33.4 Å². The number of hydrogen-bond acceptors (Lipinski definition) is 5. The summed E-state index contributed by atoms with van der Waals surface area (Å²) in [6, 6.07) is 2.28.